The number of amides is 1. The molecule has 0 saturated carbocycles. The van der Waals surface area contributed by atoms with Gasteiger partial charge in [0.1, 0.15) is 11.4 Å². The number of nitrogens with one attached hydrogen (secondary N) is 1. The van der Waals surface area contributed by atoms with Crippen molar-refractivity contribution in [2.75, 3.05) is 12.4 Å². The number of carbonyl (C=O) groups is 2. The van der Waals surface area contributed by atoms with Gasteiger partial charge in [0.15, 0.2) is 5.82 Å². The van der Waals surface area contributed by atoms with E-state index in [0.29, 0.717) is 11.4 Å². The molecule has 0 unspecified atom stereocenters. The Balaban J connectivity index is 2.38. The summed E-state index contributed by atoms with van der Waals surface area (Å²) in [6.07, 6.45) is -0.804. The van der Waals surface area contributed by atoms with E-state index in [1.807, 2.05) is 0 Å². The molecule has 2 N–H and O–H groups in total. The number of carbonyl (C=O) groups excluding carboxylic acids is 1. The molecule has 1 heterocycles. The molecule has 0 spiro atoms. The molecule has 1 amide bonds. The number of hydrogen-bond acceptors (Lipinski definition) is 6. The third-order valence-corrected chi connectivity index (χ3v) is 2.81. The fraction of sp³-hybridized carbons (Fsp3) is 0.333. The quantitative estimate of drug-likeness (QED) is 0.881. The van der Waals surface area contributed by atoms with Gasteiger partial charge >= 0.3 is 12.1 Å². The summed E-state index contributed by atoms with van der Waals surface area (Å²) in [6, 6.07) is 6.66. The minimum absolute atomic E-state index is 0.0954. The second-order valence-electron chi connectivity index (χ2n) is 5.83. The van der Waals surface area contributed by atoms with Crippen molar-refractivity contribution in [1.82, 2.24) is 15.0 Å². The van der Waals surface area contributed by atoms with Gasteiger partial charge in [0.2, 0.25) is 5.69 Å². The molecule has 0 saturated heterocycles. The maximum absolute atomic E-state index is 12.0. The molecule has 9 nitrogen and oxygen atoms in total. The Labute approximate surface area is 138 Å². The molecule has 0 radical (unpaired) electrons. The largest absolute Gasteiger partial charge is 0.497 e. The fourth-order valence-electron chi connectivity index (χ4n) is 1.84. The number of carboxylic acid groups (broad SMARTS) is 1. The lowest BCUT2D eigenvalue weighted by atomic mass is 10.2. The van der Waals surface area contributed by atoms with Crippen molar-refractivity contribution < 1.29 is 24.2 Å². The first kappa shape index (κ1) is 17.3. The van der Waals surface area contributed by atoms with Crippen molar-refractivity contribution in [3.05, 3.63) is 30.0 Å². The summed E-state index contributed by atoms with van der Waals surface area (Å²) in [5.41, 5.74) is -0.621. The summed E-state index contributed by atoms with van der Waals surface area (Å²) in [4.78, 5) is 23.3. The number of methoxy groups -OCH3 is 1. The van der Waals surface area contributed by atoms with Crippen LogP contribution in [0.5, 0.6) is 5.75 Å². The van der Waals surface area contributed by atoms with Gasteiger partial charge in [-0.3, -0.25) is 5.32 Å². The van der Waals surface area contributed by atoms with Crippen molar-refractivity contribution >= 4 is 17.9 Å². The van der Waals surface area contributed by atoms with Crippen LogP contribution >= 0.6 is 0 Å². The van der Waals surface area contributed by atoms with E-state index in [-0.39, 0.29) is 5.82 Å². The van der Waals surface area contributed by atoms with Crippen molar-refractivity contribution in [1.29, 1.82) is 0 Å². The number of benzene rings is 1. The van der Waals surface area contributed by atoms with Gasteiger partial charge in [0.25, 0.3) is 0 Å². The van der Waals surface area contributed by atoms with Gasteiger partial charge in [-0.1, -0.05) is 5.21 Å². The highest BCUT2D eigenvalue weighted by atomic mass is 16.6. The van der Waals surface area contributed by atoms with Crippen LogP contribution in [-0.4, -0.2) is 44.9 Å². The van der Waals surface area contributed by atoms with Crippen LogP contribution in [0.15, 0.2) is 24.3 Å². The first-order chi connectivity index (χ1) is 11.2. The van der Waals surface area contributed by atoms with Gasteiger partial charge in [0.05, 0.1) is 12.8 Å². The second-order valence-corrected chi connectivity index (χ2v) is 5.83. The van der Waals surface area contributed by atoms with E-state index >= 15 is 0 Å². The predicted octanol–water partition coefficient (Wildman–Crippen LogP) is 2.32. The van der Waals surface area contributed by atoms with Crippen LogP contribution in [0, 0.1) is 0 Å². The van der Waals surface area contributed by atoms with Gasteiger partial charge in [-0.05, 0) is 45.0 Å². The van der Waals surface area contributed by atoms with Crippen LogP contribution in [0.2, 0.25) is 0 Å². The van der Waals surface area contributed by atoms with Crippen molar-refractivity contribution in [2.45, 2.75) is 26.4 Å². The zero-order valence-electron chi connectivity index (χ0n) is 13.7. The van der Waals surface area contributed by atoms with Gasteiger partial charge in [0, 0.05) is 0 Å². The van der Waals surface area contributed by atoms with Crippen molar-refractivity contribution in [3.63, 3.8) is 0 Å². The van der Waals surface area contributed by atoms with E-state index < -0.39 is 23.4 Å². The number of nitrogens with zero attached hydrogens (tertiary/aromatic N) is 3. The molecule has 0 fully saturated rings. The van der Waals surface area contributed by atoms with Crippen LogP contribution in [-0.2, 0) is 4.74 Å². The first-order valence-corrected chi connectivity index (χ1v) is 7.04. The Bertz CT molecular complexity index is 746. The lowest BCUT2D eigenvalue weighted by molar-refractivity contribution is 0.0635. The Morgan fingerprint density at radius 3 is 2.33 bits per heavy atom. The average Bonchev–Trinajstić information content (AvgIpc) is 2.89. The van der Waals surface area contributed by atoms with E-state index in [9.17, 15) is 14.7 Å². The monoisotopic (exact) mass is 334 g/mol. The van der Waals surface area contributed by atoms with Gasteiger partial charge in [-0.15, -0.1) is 5.10 Å². The molecule has 9 heteroatoms. The number of rotatable bonds is 4. The summed E-state index contributed by atoms with van der Waals surface area (Å²) in [7, 11) is 1.53. The highest BCUT2D eigenvalue weighted by Crippen LogP contribution is 2.21. The maximum atomic E-state index is 12.0. The zero-order valence-corrected chi connectivity index (χ0v) is 13.7. The van der Waals surface area contributed by atoms with Crippen LogP contribution in [0.3, 0.4) is 0 Å². The van der Waals surface area contributed by atoms with Crippen LogP contribution in [0.1, 0.15) is 31.3 Å². The van der Waals surface area contributed by atoms with E-state index in [1.54, 1.807) is 45.0 Å². The Hall–Kier alpha value is -3.10. The molecule has 1 aromatic heterocycles. The molecule has 2 rings (SSSR count). The average molecular weight is 334 g/mol. The van der Waals surface area contributed by atoms with E-state index in [2.05, 4.69) is 15.6 Å². The fourth-order valence-corrected chi connectivity index (χ4v) is 1.84. The van der Waals surface area contributed by atoms with E-state index in [4.69, 9.17) is 9.47 Å². The van der Waals surface area contributed by atoms with Crippen molar-refractivity contribution in [3.8, 4) is 11.4 Å². The molecule has 0 bridgehead atoms. The van der Waals surface area contributed by atoms with E-state index in [0.717, 1.165) is 0 Å². The lowest BCUT2D eigenvalue weighted by Gasteiger charge is -2.19. The van der Waals surface area contributed by atoms with Gasteiger partial charge in [-0.2, -0.15) is 4.68 Å². The van der Waals surface area contributed by atoms with E-state index in [1.165, 1.54) is 11.8 Å². The number of aromatic nitrogens is 3. The molecule has 2 aromatic rings. The molecule has 1 aromatic carbocycles. The molecular weight excluding hydrogens is 316 g/mol. The Kier molecular flexibility index (Phi) is 4.72. The summed E-state index contributed by atoms with van der Waals surface area (Å²) < 4.78 is 11.4. The van der Waals surface area contributed by atoms with Crippen LogP contribution < -0.4 is 10.1 Å². The second kappa shape index (κ2) is 6.57. The first-order valence-electron chi connectivity index (χ1n) is 7.04. The third-order valence-electron chi connectivity index (χ3n) is 2.81. The normalized spacial score (nSPS) is 11.0. The summed E-state index contributed by atoms with van der Waals surface area (Å²) in [6.45, 7) is 5.09. The number of anilines is 1. The number of aromatic carboxylic acids is 1. The smallest absolute Gasteiger partial charge is 0.413 e. The molecule has 0 aliphatic carbocycles. The predicted molar refractivity (Wildman–Crippen MR) is 84.7 cm³/mol. The highest BCUT2D eigenvalue weighted by Gasteiger charge is 2.24. The van der Waals surface area contributed by atoms with Crippen LogP contribution in [0.4, 0.5) is 10.6 Å². The highest BCUT2D eigenvalue weighted by molar-refractivity contribution is 5.96. The molecule has 0 aliphatic rings. The minimum atomic E-state index is -1.32. The standard InChI is InChI=1S/C15H18N4O5/c1-15(2,3)24-14(22)16-12-11(13(20)21)17-18-19(12)9-5-7-10(23-4)8-6-9/h5-8H,1-4H3,(H,16,22)(H,20,21). The lowest BCUT2D eigenvalue weighted by Crippen LogP contribution is -2.28. The molecule has 0 aliphatic heterocycles. The number of hydrogen-bond donors (Lipinski definition) is 2. The Morgan fingerprint density at radius 2 is 1.83 bits per heavy atom. The third kappa shape index (κ3) is 4.00. The van der Waals surface area contributed by atoms with Crippen molar-refractivity contribution in [2.24, 2.45) is 0 Å². The van der Waals surface area contributed by atoms with Crippen LogP contribution in [0.25, 0.3) is 5.69 Å². The summed E-state index contributed by atoms with van der Waals surface area (Å²) >= 11 is 0. The van der Waals surface area contributed by atoms with Gasteiger partial charge in [-0.25, -0.2) is 9.59 Å². The minimum Gasteiger partial charge on any atom is -0.497 e. The number of carboxylic acids is 1. The zero-order chi connectivity index (χ0) is 17.9. The maximum Gasteiger partial charge on any atom is 0.413 e. The molecule has 0 atom stereocenters. The number of ether oxygens (including phenoxy) is 2. The Morgan fingerprint density at radius 1 is 1.21 bits per heavy atom. The molecular formula is C15H18N4O5. The summed E-state index contributed by atoms with van der Waals surface area (Å²) in [5, 5.41) is 19.0. The topological polar surface area (TPSA) is 116 Å². The SMILES string of the molecule is COc1ccc(-n2nnc(C(=O)O)c2NC(=O)OC(C)(C)C)cc1. The summed E-state index contributed by atoms with van der Waals surface area (Å²) in [5.74, 6) is -0.790. The molecule has 128 valence electrons. The van der Waals surface area contributed by atoms with Gasteiger partial charge < -0.3 is 14.6 Å². The molecule has 24 heavy (non-hydrogen) atoms.